The van der Waals surface area contributed by atoms with E-state index in [-0.39, 0.29) is 6.04 Å². The summed E-state index contributed by atoms with van der Waals surface area (Å²) in [4.78, 5) is 0. The molecular weight excluding hydrogens is 328 g/mol. The fraction of sp³-hybridized carbons (Fsp3) is 0.400. The van der Waals surface area contributed by atoms with Crippen molar-refractivity contribution >= 4 is 39.9 Å². The Hall–Kier alpha value is -0.0400. The second kappa shape index (κ2) is 4.86. The van der Waals surface area contributed by atoms with Gasteiger partial charge in [0, 0.05) is 3.57 Å². The van der Waals surface area contributed by atoms with E-state index >= 15 is 0 Å². The molecule has 2 unspecified atom stereocenters. The van der Waals surface area contributed by atoms with Gasteiger partial charge in [-0.15, -0.1) is 0 Å². The Morgan fingerprint density at radius 1 is 1.47 bits per heavy atom. The van der Waals surface area contributed by atoms with E-state index in [1.807, 2.05) is 18.2 Å². The first-order valence-electron chi connectivity index (χ1n) is 4.64. The molecule has 1 saturated heterocycles. The molecule has 0 bridgehead atoms. The van der Waals surface area contributed by atoms with E-state index < -0.39 is 6.10 Å². The lowest BCUT2D eigenvalue weighted by Gasteiger charge is -2.16. The van der Waals surface area contributed by atoms with Crippen molar-refractivity contribution in [1.29, 1.82) is 0 Å². The van der Waals surface area contributed by atoms with Crippen LogP contribution in [0.25, 0.3) is 0 Å². The smallest absolute Gasteiger partial charge is 0.0996 e. The van der Waals surface area contributed by atoms with Crippen molar-refractivity contribution in [2.24, 2.45) is 0 Å². The molecular formula is C10H11ClINO2. The molecule has 0 spiro atoms. The normalized spacial score (nSPS) is 25.5. The van der Waals surface area contributed by atoms with Gasteiger partial charge < -0.3 is 15.2 Å². The van der Waals surface area contributed by atoms with Crippen molar-refractivity contribution in [3.05, 3.63) is 26.8 Å². The highest BCUT2D eigenvalue weighted by Gasteiger charge is 2.26. The molecule has 1 aliphatic heterocycles. The first-order valence-corrected chi connectivity index (χ1v) is 6.10. The summed E-state index contributed by atoms with van der Waals surface area (Å²) in [6, 6.07) is 5.70. The van der Waals surface area contributed by atoms with E-state index in [0.29, 0.717) is 18.2 Å². The minimum atomic E-state index is -0.458. The summed E-state index contributed by atoms with van der Waals surface area (Å²) in [5, 5.41) is 13.4. The van der Waals surface area contributed by atoms with E-state index in [2.05, 4.69) is 27.9 Å². The van der Waals surface area contributed by atoms with Gasteiger partial charge in [-0.1, -0.05) is 11.6 Å². The van der Waals surface area contributed by atoms with Crippen LogP contribution in [0.3, 0.4) is 0 Å². The van der Waals surface area contributed by atoms with Crippen molar-refractivity contribution in [1.82, 2.24) is 0 Å². The van der Waals surface area contributed by atoms with Crippen LogP contribution in [0.5, 0.6) is 0 Å². The zero-order chi connectivity index (χ0) is 10.8. The number of aliphatic hydroxyl groups excluding tert-OH is 1. The predicted octanol–water partition coefficient (Wildman–Crippen LogP) is 2.12. The highest BCUT2D eigenvalue weighted by Crippen LogP contribution is 2.25. The fourth-order valence-electron chi connectivity index (χ4n) is 1.49. The Balaban J connectivity index is 2.10. The highest BCUT2D eigenvalue weighted by atomic mass is 127. The molecule has 0 amide bonds. The Morgan fingerprint density at radius 2 is 2.27 bits per heavy atom. The average Bonchev–Trinajstić information content (AvgIpc) is 2.57. The Labute approximate surface area is 107 Å². The van der Waals surface area contributed by atoms with Gasteiger partial charge in [-0.25, -0.2) is 0 Å². The van der Waals surface area contributed by atoms with E-state index in [1.54, 1.807) is 0 Å². The van der Waals surface area contributed by atoms with Crippen LogP contribution in [0, 0.1) is 3.57 Å². The summed E-state index contributed by atoms with van der Waals surface area (Å²) in [6.07, 6.45) is -0.458. The van der Waals surface area contributed by atoms with Gasteiger partial charge in [0.15, 0.2) is 0 Å². The van der Waals surface area contributed by atoms with Gasteiger partial charge >= 0.3 is 0 Å². The molecule has 2 N–H and O–H groups in total. The summed E-state index contributed by atoms with van der Waals surface area (Å²) in [5.41, 5.74) is 0.839. The molecule has 1 aromatic carbocycles. The monoisotopic (exact) mass is 339 g/mol. The Kier molecular flexibility index (Phi) is 3.71. The van der Waals surface area contributed by atoms with Crippen LogP contribution in [0.1, 0.15) is 0 Å². The van der Waals surface area contributed by atoms with Gasteiger partial charge in [0.25, 0.3) is 0 Å². The molecule has 2 rings (SSSR count). The number of hydrogen-bond acceptors (Lipinski definition) is 3. The van der Waals surface area contributed by atoms with Gasteiger partial charge in [-0.05, 0) is 40.8 Å². The number of benzene rings is 1. The van der Waals surface area contributed by atoms with Crippen molar-refractivity contribution in [3.8, 4) is 0 Å². The lowest BCUT2D eigenvalue weighted by molar-refractivity contribution is 0.125. The SMILES string of the molecule is OC1COCC1Nc1ccc(I)cc1Cl. The standard InChI is InChI=1S/C10H11ClINO2/c11-7-3-6(12)1-2-8(7)13-9-4-15-5-10(9)14/h1-3,9-10,13-14H,4-5H2. The minimum Gasteiger partial charge on any atom is -0.388 e. The predicted molar refractivity (Wildman–Crippen MR) is 68.4 cm³/mol. The molecule has 5 heteroatoms. The van der Waals surface area contributed by atoms with Crippen molar-refractivity contribution in [2.75, 3.05) is 18.5 Å². The lowest BCUT2D eigenvalue weighted by Crippen LogP contribution is -2.31. The minimum absolute atomic E-state index is 0.0671. The maximum atomic E-state index is 9.56. The van der Waals surface area contributed by atoms with Crippen LogP contribution >= 0.6 is 34.2 Å². The van der Waals surface area contributed by atoms with Crippen LogP contribution in [0.15, 0.2) is 18.2 Å². The number of anilines is 1. The van der Waals surface area contributed by atoms with E-state index in [9.17, 15) is 5.11 Å². The maximum absolute atomic E-state index is 9.56. The molecule has 0 aromatic heterocycles. The first kappa shape index (κ1) is 11.4. The van der Waals surface area contributed by atoms with E-state index in [4.69, 9.17) is 16.3 Å². The number of rotatable bonds is 2. The molecule has 15 heavy (non-hydrogen) atoms. The fourth-order valence-corrected chi connectivity index (χ4v) is 2.40. The Bertz CT molecular complexity index is 361. The summed E-state index contributed by atoms with van der Waals surface area (Å²) in [6.45, 7) is 0.906. The average molecular weight is 340 g/mol. The zero-order valence-corrected chi connectivity index (χ0v) is 10.8. The number of aliphatic hydroxyl groups is 1. The largest absolute Gasteiger partial charge is 0.388 e. The van der Waals surface area contributed by atoms with Crippen molar-refractivity contribution in [2.45, 2.75) is 12.1 Å². The zero-order valence-electron chi connectivity index (χ0n) is 7.91. The second-order valence-corrected chi connectivity index (χ2v) is 5.13. The van der Waals surface area contributed by atoms with Gasteiger partial charge in [0.2, 0.25) is 0 Å². The van der Waals surface area contributed by atoms with E-state index in [1.165, 1.54) is 0 Å². The second-order valence-electron chi connectivity index (χ2n) is 3.48. The summed E-state index contributed by atoms with van der Waals surface area (Å²) in [7, 11) is 0. The molecule has 0 aliphatic carbocycles. The topological polar surface area (TPSA) is 41.5 Å². The molecule has 1 fully saturated rings. The quantitative estimate of drug-likeness (QED) is 0.811. The number of hydrogen-bond donors (Lipinski definition) is 2. The highest BCUT2D eigenvalue weighted by molar-refractivity contribution is 14.1. The van der Waals surface area contributed by atoms with Gasteiger partial charge in [0.1, 0.15) is 0 Å². The van der Waals surface area contributed by atoms with Gasteiger partial charge in [0.05, 0.1) is 36.1 Å². The molecule has 0 radical (unpaired) electrons. The maximum Gasteiger partial charge on any atom is 0.0996 e. The molecule has 2 atom stereocenters. The molecule has 1 heterocycles. The first-order chi connectivity index (χ1) is 7.16. The number of ether oxygens (including phenoxy) is 1. The third kappa shape index (κ3) is 2.75. The van der Waals surface area contributed by atoms with E-state index in [0.717, 1.165) is 9.26 Å². The summed E-state index contributed by atoms with van der Waals surface area (Å²) >= 11 is 8.27. The van der Waals surface area contributed by atoms with Gasteiger partial charge in [-0.2, -0.15) is 0 Å². The molecule has 0 saturated carbocycles. The third-order valence-corrected chi connectivity index (χ3v) is 3.31. The Morgan fingerprint density at radius 3 is 2.87 bits per heavy atom. The summed E-state index contributed by atoms with van der Waals surface area (Å²) < 4.78 is 6.24. The van der Waals surface area contributed by atoms with Crippen molar-refractivity contribution < 1.29 is 9.84 Å². The molecule has 82 valence electrons. The van der Waals surface area contributed by atoms with Crippen LogP contribution in [-0.4, -0.2) is 30.5 Å². The van der Waals surface area contributed by atoms with Crippen LogP contribution in [-0.2, 0) is 4.74 Å². The third-order valence-electron chi connectivity index (χ3n) is 2.32. The number of nitrogens with one attached hydrogen (secondary N) is 1. The lowest BCUT2D eigenvalue weighted by atomic mass is 10.2. The van der Waals surface area contributed by atoms with Crippen LogP contribution in [0.4, 0.5) is 5.69 Å². The van der Waals surface area contributed by atoms with Crippen LogP contribution in [0.2, 0.25) is 5.02 Å². The van der Waals surface area contributed by atoms with Crippen molar-refractivity contribution in [3.63, 3.8) is 0 Å². The van der Waals surface area contributed by atoms with Gasteiger partial charge in [-0.3, -0.25) is 0 Å². The molecule has 3 nitrogen and oxygen atoms in total. The summed E-state index contributed by atoms with van der Waals surface area (Å²) in [5.74, 6) is 0. The molecule has 1 aliphatic rings. The van der Waals surface area contributed by atoms with Crippen LogP contribution < -0.4 is 5.32 Å². The molecule has 1 aromatic rings. The number of halogens is 2.